The fourth-order valence-electron chi connectivity index (χ4n) is 2.42. The average molecular weight is 491 g/mol. The predicted molar refractivity (Wildman–Crippen MR) is 122 cm³/mol. The van der Waals surface area contributed by atoms with Crippen LogP contribution >= 0.6 is 11.8 Å². The van der Waals surface area contributed by atoms with Gasteiger partial charge in [-0.2, -0.15) is 11.8 Å². The first-order valence-electron chi connectivity index (χ1n) is 10.3. The number of carboxylic acid groups (broad SMARTS) is 1. The van der Waals surface area contributed by atoms with E-state index < -0.39 is 60.2 Å². The summed E-state index contributed by atoms with van der Waals surface area (Å²) in [4.78, 5) is 70.5. The Morgan fingerprint density at radius 2 is 1.39 bits per heavy atom. The van der Waals surface area contributed by atoms with Gasteiger partial charge in [-0.25, -0.2) is 4.79 Å². The summed E-state index contributed by atoms with van der Waals surface area (Å²) in [5, 5.41) is 18.5. The number of carbonyl (C=O) groups is 6. The topological polar surface area (TPSA) is 223 Å². The molecule has 0 saturated carbocycles. The molecule has 33 heavy (non-hydrogen) atoms. The summed E-state index contributed by atoms with van der Waals surface area (Å²) in [6, 6.07) is -3.09. The van der Waals surface area contributed by atoms with Crippen LogP contribution in [0.25, 0.3) is 0 Å². The average Bonchev–Trinajstić information content (AvgIpc) is 2.74. The van der Waals surface area contributed by atoms with Crippen LogP contribution < -0.4 is 32.7 Å². The molecule has 0 aromatic rings. The Bertz CT molecular complexity index is 719. The lowest BCUT2D eigenvalue weighted by atomic mass is 10.1. The van der Waals surface area contributed by atoms with Gasteiger partial charge in [0.25, 0.3) is 0 Å². The molecule has 0 aromatic carbocycles. The lowest BCUT2D eigenvalue weighted by Gasteiger charge is -2.20. The zero-order valence-electron chi connectivity index (χ0n) is 19.0. The molecule has 0 rings (SSSR count). The van der Waals surface area contributed by atoms with E-state index in [2.05, 4.69) is 21.3 Å². The lowest BCUT2D eigenvalue weighted by molar-refractivity contribution is -0.142. The second-order valence-corrected chi connectivity index (χ2v) is 8.56. The monoisotopic (exact) mass is 490 g/mol. The third kappa shape index (κ3) is 13.3. The number of carbonyl (C=O) groups excluding carboxylic acids is 5. The summed E-state index contributed by atoms with van der Waals surface area (Å²) in [6.45, 7) is 2.62. The number of nitrogens with two attached hydrogens (primary N) is 2. The molecule has 0 aliphatic carbocycles. The zero-order chi connectivity index (χ0) is 25.6. The molecular weight excluding hydrogens is 456 g/mol. The number of thioether (sulfide) groups is 1. The molecule has 5 amide bonds. The number of carboxylic acids is 1. The maximum Gasteiger partial charge on any atom is 0.326 e. The van der Waals surface area contributed by atoms with Gasteiger partial charge in [-0.3, -0.25) is 24.0 Å². The van der Waals surface area contributed by atoms with Crippen molar-refractivity contribution in [3.63, 3.8) is 0 Å². The van der Waals surface area contributed by atoms with Crippen LogP contribution in [-0.2, 0) is 28.8 Å². The van der Waals surface area contributed by atoms with Crippen LogP contribution in [0.5, 0.6) is 0 Å². The minimum absolute atomic E-state index is 0.115. The predicted octanol–water partition coefficient (Wildman–Crippen LogP) is -2.73. The molecule has 0 heterocycles. The van der Waals surface area contributed by atoms with E-state index in [1.54, 1.807) is 13.8 Å². The standard InChI is InChI=1S/C19H34N6O7S/c1-10(2)16(21)18(30)23-9-14(27)24-11(6-7-33-3)17(29)22-8-15(28)25-12(19(31)32)4-5-13(20)26/h10-12,16H,4-9,21H2,1-3H3,(H2,20,26)(H,22,29)(H,23,30)(H,24,27)(H,25,28)(H,31,32)/t11-,12-,16-/m0/s1. The van der Waals surface area contributed by atoms with E-state index in [0.717, 1.165) is 0 Å². The molecular formula is C19H34N6O7S. The molecule has 13 nitrogen and oxygen atoms in total. The first kappa shape index (κ1) is 30.1. The Kier molecular flexibility index (Phi) is 14.5. The Labute approximate surface area is 196 Å². The first-order valence-corrected chi connectivity index (χ1v) is 11.7. The molecule has 0 aromatic heterocycles. The summed E-state index contributed by atoms with van der Waals surface area (Å²) in [5.41, 5.74) is 10.7. The zero-order valence-corrected chi connectivity index (χ0v) is 19.8. The molecule has 0 radical (unpaired) electrons. The van der Waals surface area contributed by atoms with E-state index in [1.807, 2.05) is 6.26 Å². The second-order valence-electron chi connectivity index (χ2n) is 7.57. The summed E-state index contributed by atoms with van der Waals surface area (Å²) < 4.78 is 0. The van der Waals surface area contributed by atoms with E-state index in [4.69, 9.17) is 16.6 Å². The third-order valence-corrected chi connectivity index (χ3v) is 5.09. The quantitative estimate of drug-likeness (QED) is 0.119. The van der Waals surface area contributed by atoms with Crippen LogP contribution in [0.1, 0.15) is 33.1 Å². The number of hydrogen-bond donors (Lipinski definition) is 7. The van der Waals surface area contributed by atoms with Crippen molar-refractivity contribution in [2.24, 2.45) is 17.4 Å². The van der Waals surface area contributed by atoms with Gasteiger partial charge in [-0.1, -0.05) is 13.8 Å². The van der Waals surface area contributed by atoms with Crippen LogP contribution in [0, 0.1) is 5.92 Å². The highest BCUT2D eigenvalue weighted by molar-refractivity contribution is 7.98. The van der Waals surface area contributed by atoms with Crippen LogP contribution in [0.4, 0.5) is 0 Å². The number of amides is 5. The Hall–Kier alpha value is -2.87. The molecule has 3 atom stereocenters. The van der Waals surface area contributed by atoms with Gasteiger partial charge in [0, 0.05) is 6.42 Å². The minimum Gasteiger partial charge on any atom is -0.480 e. The molecule has 9 N–H and O–H groups in total. The maximum atomic E-state index is 12.5. The fourth-order valence-corrected chi connectivity index (χ4v) is 2.89. The maximum absolute atomic E-state index is 12.5. The highest BCUT2D eigenvalue weighted by atomic mass is 32.2. The van der Waals surface area contributed by atoms with Gasteiger partial charge in [0.15, 0.2) is 0 Å². The van der Waals surface area contributed by atoms with Crippen LogP contribution in [0.3, 0.4) is 0 Å². The minimum atomic E-state index is -1.35. The van der Waals surface area contributed by atoms with Gasteiger partial charge in [0.1, 0.15) is 12.1 Å². The molecule has 0 aliphatic heterocycles. The van der Waals surface area contributed by atoms with Gasteiger partial charge in [-0.05, 0) is 30.8 Å². The van der Waals surface area contributed by atoms with Crippen molar-refractivity contribution >= 4 is 47.3 Å². The van der Waals surface area contributed by atoms with Gasteiger partial charge < -0.3 is 37.8 Å². The smallest absolute Gasteiger partial charge is 0.326 e. The van der Waals surface area contributed by atoms with Crippen molar-refractivity contribution in [2.75, 3.05) is 25.1 Å². The van der Waals surface area contributed by atoms with Crippen molar-refractivity contribution in [3.05, 3.63) is 0 Å². The molecule has 0 spiro atoms. The highest BCUT2D eigenvalue weighted by Gasteiger charge is 2.24. The molecule has 0 bridgehead atoms. The van der Waals surface area contributed by atoms with E-state index in [9.17, 15) is 28.8 Å². The molecule has 0 saturated heterocycles. The highest BCUT2D eigenvalue weighted by Crippen LogP contribution is 2.02. The summed E-state index contributed by atoms with van der Waals surface area (Å²) in [5.74, 6) is -4.18. The number of aliphatic carboxylic acids is 1. The Morgan fingerprint density at radius 1 is 0.879 bits per heavy atom. The van der Waals surface area contributed by atoms with E-state index >= 15 is 0 Å². The van der Waals surface area contributed by atoms with Gasteiger partial charge in [-0.15, -0.1) is 0 Å². The summed E-state index contributed by atoms with van der Waals surface area (Å²) in [7, 11) is 0. The molecule has 0 unspecified atom stereocenters. The Morgan fingerprint density at radius 3 is 1.85 bits per heavy atom. The molecule has 188 valence electrons. The van der Waals surface area contributed by atoms with E-state index in [0.29, 0.717) is 5.75 Å². The van der Waals surface area contributed by atoms with Crippen molar-refractivity contribution < 1.29 is 33.9 Å². The second kappa shape index (κ2) is 15.9. The number of hydrogen-bond acceptors (Lipinski definition) is 8. The van der Waals surface area contributed by atoms with Crippen LogP contribution in [-0.4, -0.2) is 83.8 Å². The molecule has 14 heteroatoms. The lowest BCUT2D eigenvalue weighted by Crippen LogP contribution is -2.53. The third-order valence-electron chi connectivity index (χ3n) is 4.44. The van der Waals surface area contributed by atoms with Crippen molar-refractivity contribution in [1.82, 2.24) is 21.3 Å². The van der Waals surface area contributed by atoms with E-state index in [-0.39, 0.29) is 31.7 Å². The van der Waals surface area contributed by atoms with Crippen molar-refractivity contribution in [1.29, 1.82) is 0 Å². The number of nitrogens with one attached hydrogen (secondary N) is 4. The fraction of sp³-hybridized carbons (Fsp3) is 0.684. The first-order chi connectivity index (χ1) is 15.4. The van der Waals surface area contributed by atoms with Crippen LogP contribution in [0.15, 0.2) is 0 Å². The summed E-state index contributed by atoms with van der Waals surface area (Å²) >= 11 is 1.44. The number of primary amides is 1. The van der Waals surface area contributed by atoms with Gasteiger partial charge in [0.05, 0.1) is 19.1 Å². The Balaban J connectivity index is 4.77. The molecule has 0 aliphatic rings. The SMILES string of the molecule is CSCC[C@H](NC(=O)CNC(=O)[C@@H](N)C(C)C)C(=O)NCC(=O)N[C@@H](CCC(N)=O)C(=O)O. The largest absolute Gasteiger partial charge is 0.480 e. The number of rotatable bonds is 16. The molecule has 0 fully saturated rings. The van der Waals surface area contributed by atoms with Crippen molar-refractivity contribution in [2.45, 2.75) is 51.2 Å². The van der Waals surface area contributed by atoms with E-state index in [1.165, 1.54) is 11.8 Å². The van der Waals surface area contributed by atoms with Gasteiger partial charge >= 0.3 is 5.97 Å². The summed E-state index contributed by atoms with van der Waals surface area (Å²) in [6.07, 6.45) is 1.65. The van der Waals surface area contributed by atoms with Crippen LogP contribution in [0.2, 0.25) is 0 Å². The van der Waals surface area contributed by atoms with Gasteiger partial charge in [0.2, 0.25) is 29.5 Å². The normalized spacial score (nSPS) is 13.4. The van der Waals surface area contributed by atoms with Crippen molar-refractivity contribution in [3.8, 4) is 0 Å².